The molecule has 0 saturated carbocycles. The van der Waals surface area contributed by atoms with E-state index >= 15 is 0 Å². The Bertz CT molecular complexity index is 793. The molecule has 2 rings (SSSR count). The molecule has 0 aliphatic heterocycles. The predicted octanol–water partition coefficient (Wildman–Crippen LogP) is 4.05. The fourth-order valence-corrected chi connectivity index (χ4v) is 2.11. The van der Waals surface area contributed by atoms with Crippen LogP contribution in [-0.2, 0) is 11.0 Å². The molecule has 0 saturated heterocycles. The monoisotopic (exact) mass is 353 g/mol. The highest BCUT2D eigenvalue weighted by Crippen LogP contribution is 2.34. The number of hydrogen-bond acceptors (Lipinski definition) is 4. The van der Waals surface area contributed by atoms with E-state index in [1.54, 1.807) is 0 Å². The van der Waals surface area contributed by atoms with Gasteiger partial charge in [0.05, 0.1) is 16.2 Å². The van der Waals surface area contributed by atoms with Crippen LogP contribution in [0.15, 0.2) is 48.5 Å². The van der Waals surface area contributed by atoms with Crippen molar-refractivity contribution in [1.29, 1.82) is 0 Å². The molecule has 0 aliphatic rings. The normalized spacial score (nSPS) is 12.3. The topological polar surface area (TPSA) is 84.3 Å². The van der Waals surface area contributed by atoms with Crippen molar-refractivity contribution in [1.82, 2.24) is 0 Å². The number of nitro groups is 1. The molecular formula is C16H14F3N3O3. The van der Waals surface area contributed by atoms with E-state index in [4.69, 9.17) is 0 Å². The van der Waals surface area contributed by atoms with Gasteiger partial charge in [-0.05, 0) is 25.1 Å². The third kappa shape index (κ3) is 4.69. The maximum absolute atomic E-state index is 12.9. The Balaban J connectivity index is 2.12. The van der Waals surface area contributed by atoms with Gasteiger partial charge in [0.15, 0.2) is 0 Å². The molecule has 25 heavy (non-hydrogen) atoms. The molecule has 0 aliphatic carbocycles. The highest BCUT2D eigenvalue weighted by atomic mass is 19.4. The van der Waals surface area contributed by atoms with E-state index in [1.165, 1.54) is 43.3 Å². The zero-order valence-electron chi connectivity index (χ0n) is 13.0. The molecule has 2 aromatic carbocycles. The lowest BCUT2D eigenvalue weighted by molar-refractivity contribution is -0.384. The third-order valence-electron chi connectivity index (χ3n) is 3.32. The minimum absolute atomic E-state index is 0.167. The molecule has 132 valence electrons. The summed E-state index contributed by atoms with van der Waals surface area (Å²) in [4.78, 5) is 22.3. The Kier molecular flexibility index (Phi) is 5.26. The van der Waals surface area contributed by atoms with E-state index in [0.29, 0.717) is 5.69 Å². The maximum Gasteiger partial charge on any atom is 0.418 e. The van der Waals surface area contributed by atoms with Gasteiger partial charge in [-0.2, -0.15) is 13.2 Å². The number of para-hydroxylation sites is 1. The van der Waals surface area contributed by atoms with Gasteiger partial charge in [-0.1, -0.05) is 18.2 Å². The van der Waals surface area contributed by atoms with Gasteiger partial charge >= 0.3 is 6.18 Å². The quantitative estimate of drug-likeness (QED) is 0.627. The van der Waals surface area contributed by atoms with E-state index in [9.17, 15) is 28.1 Å². The Morgan fingerprint density at radius 1 is 1.16 bits per heavy atom. The van der Waals surface area contributed by atoms with Crippen LogP contribution >= 0.6 is 0 Å². The number of carbonyl (C=O) groups is 1. The summed E-state index contributed by atoms with van der Waals surface area (Å²) in [5.74, 6) is -0.705. The summed E-state index contributed by atoms with van der Waals surface area (Å²) in [6.45, 7) is 1.43. The minimum Gasteiger partial charge on any atom is -0.374 e. The Morgan fingerprint density at radius 3 is 2.48 bits per heavy atom. The number of alkyl halides is 3. The van der Waals surface area contributed by atoms with Crippen molar-refractivity contribution in [3.63, 3.8) is 0 Å². The van der Waals surface area contributed by atoms with E-state index < -0.39 is 28.6 Å². The summed E-state index contributed by atoms with van der Waals surface area (Å²) in [5, 5.41) is 15.7. The number of nitrogens with zero attached hydrogens (tertiary/aromatic N) is 1. The standard InChI is InChI=1S/C16H14F3N3O3/c1-10(20-11-5-4-6-12(9-11)22(24)25)15(23)21-14-8-3-2-7-13(14)16(17,18)19/h2-10,20H,1H3,(H,21,23)/t10-/m0/s1. The van der Waals surface area contributed by atoms with Crippen LogP contribution in [0, 0.1) is 10.1 Å². The van der Waals surface area contributed by atoms with Crippen LogP contribution in [0.2, 0.25) is 0 Å². The van der Waals surface area contributed by atoms with E-state index in [2.05, 4.69) is 10.6 Å². The lowest BCUT2D eigenvalue weighted by Gasteiger charge is -2.18. The number of benzene rings is 2. The SMILES string of the molecule is C[C@H](Nc1cccc([N+](=O)[O-])c1)C(=O)Nc1ccccc1C(F)(F)F. The maximum atomic E-state index is 12.9. The molecule has 9 heteroatoms. The first kappa shape index (κ1) is 18.2. The number of nitrogens with one attached hydrogen (secondary N) is 2. The summed E-state index contributed by atoms with van der Waals surface area (Å²) < 4.78 is 38.8. The van der Waals surface area contributed by atoms with E-state index in [1.807, 2.05) is 0 Å². The zero-order valence-corrected chi connectivity index (χ0v) is 13.0. The molecule has 1 atom stereocenters. The minimum atomic E-state index is -4.60. The first-order valence-electron chi connectivity index (χ1n) is 7.16. The number of non-ortho nitro benzene ring substituents is 1. The van der Waals surface area contributed by atoms with Gasteiger partial charge in [0.1, 0.15) is 6.04 Å². The van der Waals surface area contributed by atoms with Crippen LogP contribution < -0.4 is 10.6 Å². The van der Waals surface area contributed by atoms with Gasteiger partial charge in [-0.15, -0.1) is 0 Å². The van der Waals surface area contributed by atoms with Gasteiger partial charge in [-0.25, -0.2) is 0 Å². The molecule has 0 heterocycles. The van der Waals surface area contributed by atoms with E-state index in [0.717, 1.165) is 12.1 Å². The number of amides is 1. The smallest absolute Gasteiger partial charge is 0.374 e. The molecule has 6 nitrogen and oxygen atoms in total. The van der Waals surface area contributed by atoms with Crippen molar-refractivity contribution < 1.29 is 22.9 Å². The highest BCUT2D eigenvalue weighted by Gasteiger charge is 2.33. The lowest BCUT2D eigenvalue weighted by Crippen LogP contribution is -2.32. The lowest BCUT2D eigenvalue weighted by atomic mass is 10.1. The third-order valence-corrected chi connectivity index (χ3v) is 3.32. The van der Waals surface area contributed by atoms with Crippen LogP contribution in [-0.4, -0.2) is 16.9 Å². The molecule has 2 N–H and O–H groups in total. The number of halogens is 3. The average Bonchev–Trinajstić information content (AvgIpc) is 2.54. The highest BCUT2D eigenvalue weighted by molar-refractivity contribution is 5.97. The van der Waals surface area contributed by atoms with E-state index in [-0.39, 0.29) is 11.4 Å². The number of anilines is 2. The number of rotatable bonds is 5. The van der Waals surface area contributed by atoms with Crippen LogP contribution in [0.5, 0.6) is 0 Å². The number of hydrogen-bond donors (Lipinski definition) is 2. The molecule has 0 spiro atoms. The van der Waals surface area contributed by atoms with Crippen LogP contribution in [0.4, 0.5) is 30.2 Å². The van der Waals surface area contributed by atoms with Crippen molar-refractivity contribution in [2.24, 2.45) is 0 Å². The van der Waals surface area contributed by atoms with Crippen molar-refractivity contribution in [2.45, 2.75) is 19.1 Å². The molecule has 2 aromatic rings. The summed E-state index contributed by atoms with van der Waals surface area (Å²) in [7, 11) is 0. The number of carbonyl (C=O) groups excluding carboxylic acids is 1. The van der Waals surface area contributed by atoms with Crippen molar-refractivity contribution in [2.75, 3.05) is 10.6 Å². The molecule has 0 unspecified atom stereocenters. The Morgan fingerprint density at radius 2 is 1.84 bits per heavy atom. The van der Waals surface area contributed by atoms with Gasteiger partial charge < -0.3 is 10.6 Å². The fourth-order valence-electron chi connectivity index (χ4n) is 2.11. The van der Waals surface area contributed by atoms with Crippen molar-refractivity contribution in [3.8, 4) is 0 Å². The van der Waals surface area contributed by atoms with Crippen LogP contribution in [0.25, 0.3) is 0 Å². The van der Waals surface area contributed by atoms with Gasteiger partial charge in [0.25, 0.3) is 5.69 Å². The summed E-state index contributed by atoms with van der Waals surface area (Å²) >= 11 is 0. The molecule has 1 amide bonds. The average molecular weight is 353 g/mol. The molecule has 0 radical (unpaired) electrons. The zero-order chi connectivity index (χ0) is 18.6. The summed E-state index contributed by atoms with van der Waals surface area (Å²) in [6.07, 6.45) is -4.60. The Hall–Kier alpha value is -3.10. The number of nitro benzene ring substituents is 1. The van der Waals surface area contributed by atoms with Crippen molar-refractivity contribution >= 4 is 23.0 Å². The predicted molar refractivity (Wildman–Crippen MR) is 86.3 cm³/mol. The first-order valence-corrected chi connectivity index (χ1v) is 7.16. The van der Waals surface area contributed by atoms with Crippen LogP contribution in [0.1, 0.15) is 12.5 Å². The Labute approximate surface area is 140 Å². The second-order valence-corrected chi connectivity index (χ2v) is 5.21. The second kappa shape index (κ2) is 7.20. The van der Waals surface area contributed by atoms with Gasteiger partial charge in [-0.3, -0.25) is 14.9 Å². The molecular weight excluding hydrogens is 339 g/mol. The molecule has 0 aromatic heterocycles. The van der Waals surface area contributed by atoms with Crippen LogP contribution in [0.3, 0.4) is 0 Å². The fraction of sp³-hybridized carbons (Fsp3) is 0.188. The molecule has 0 fully saturated rings. The van der Waals surface area contributed by atoms with Crippen molar-refractivity contribution in [3.05, 3.63) is 64.2 Å². The second-order valence-electron chi connectivity index (χ2n) is 5.21. The summed E-state index contributed by atoms with van der Waals surface area (Å²) in [6, 6.07) is 9.18. The molecule has 0 bridgehead atoms. The van der Waals surface area contributed by atoms with Gasteiger partial charge in [0, 0.05) is 17.8 Å². The first-order chi connectivity index (χ1) is 11.7. The largest absolute Gasteiger partial charge is 0.418 e. The summed E-state index contributed by atoms with van der Waals surface area (Å²) in [5.41, 5.74) is -1.17. The van der Waals surface area contributed by atoms with Gasteiger partial charge in [0.2, 0.25) is 5.91 Å².